The van der Waals surface area contributed by atoms with Crippen LogP contribution in [0.4, 0.5) is 5.69 Å². The fourth-order valence-electron chi connectivity index (χ4n) is 4.84. The van der Waals surface area contributed by atoms with E-state index in [1.54, 1.807) is 37.4 Å². The molecule has 0 saturated heterocycles. The van der Waals surface area contributed by atoms with E-state index in [0.717, 1.165) is 41.8 Å². The molecule has 2 amide bonds. The van der Waals surface area contributed by atoms with E-state index >= 15 is 0 Å². The molecular weight excluding hydrogens is 522 g/mol. The molecule has 214 valence electrons. The van der Waals surface area contributed by atoms with Crippen molar-refractivity contribution in [2.45, 2.75) is 57.7 Å². The molecule has 11 heteroatoms. The fraction of sp³-hybridized carbons (Fsp3) is 0.500. The molecule has 0 aliphatic heterocycles. The number of hydrogen-bond acceptors (Lipinski definition) is 7. The van der Waals surface area contributed by atoms with Crippen molar-refractivity contribution in [1.29, 1.82) is 0 Å². The summed E-state index contributed by atoms with van der Waals surface area (Å²) < 4.78 is 42.9. The number of carbonyl (C=O) groups is 2. The van der Waals surface area contributed by atoms with Crippen molar-refractivity contribution in [3.63, 3.8) is 0 Å². The Hall–Kier alpha value is -3.47. The van der Waals surface area contributed by atoms with Crippen LogP contribution in [0, 0.1) is 0 Å². The highest BCUT2D eigenvalue weighted by atomic mass is 32.2. The molecule has 2 aromatic rings. The van der Waals surface area contributed by atoms with Gasteiger partial charge in [0.1, 0.15) is 29.8 Å². The average Bonchev–Trinajstić information content (AvgIpc) is 3.43. The number of hydrogen-bond donors (Lipinski definition) is 1. The van der Waals surface area contributed by atoms with Crippen LogP contribution in [0.15, 0.2) is 42.5 Å². The summed E-state index contributed by atoms with van der Waals surface area (Å²) in [5, 5.41) is 3.10. The van der Waals surface area contributed by atoms with Crippen LogP contribution >= 0.6 is 0 Å². The summed E-state index contributed by atoms with van der Waals surface area (Å²) in [4.78, 5) is 28.8. The van der Waals surface area contributed by atoms with Crippen LogP contribution in [-0.2, 0) is 26.2 Å². The van der Waals surface area contributed by atoms with Crippen molar-refractivity contribution in [2.75, 3.05) is 38.4 Å². The molecule has 39 heavy (non-hydrogen) atoms. The molecule has 1 saturated carbocycles. The third-order valence-electron chi connectivity index (χ3n) is 6.91. The number of ether oxygens (including phenoxy) is 3. The molecule has 1 aliphatic carbocycles. The molecule has 1 fully saturated rings. The van der Waals surface area contributed by atoms with Crippen molar-refractivity contribution in [1.82, 2.24) is 10.2 Å². The zero-order chi connectivity index (χ0) is 28.6. The van der Waals surface area contributed by atoms with E-state index in [1.807, 2.05) is 13.0 Å². The first-order valence-electron chi connectivity index (χ1n) is 13.0. The third kappa shape index (κ3) is 7.78. The summed E-state index contributed by atoms with van der Waals surface area (Å²) in [5.41, 5.74) is 0.914. The summed E-state index contributed by atoms with van der Waals surface area (Å²) in [5.74, 6) is 0.510. The minimum atomic E-state index is -3.93. The molecule has 1 atom stereocenters. The maximum Gasteiger partial charge on any atom is 0.244 e. The molecule has 0 bridgehead atoms. The molecule has 0 spiro atoms. The van der Waals surface area contributed by atoms with E-state index in [2.05, 4.69) is 5.32 Å². The molecule has 1 aliphatic rings. The first-order valence-corrected chi connectivity index (χ1v) is 14.9. The van der Waals surface area contributed by atoms with Gasteiger partial charge in [0.15, 0.2) is 0 Å². The second kappa shape index (κ2) is 13.5. The van der Waals surface area contributed by atoms with Crippen LogP contribution in [0.1, 0.15) is 44.6 Å². The molecule has 3 rings (SSSR count). The highest BCUT2D eigenvalue weighted by Gasteiger charge is 2.34. The van der Waals surface area contributed by atoms with Gasteiger partial charge in [0.05, 0.1) is 33.3 Å². The second-order valence-corrected chi connectivity index (χ2v) is 11.5. The van der Waals surface area contributed by atoms with Gasteiger partial charge in [0.2, 0.25) is 21.8 Å². The van der Waals surface area contributed by atoms with E-state index < -0.39 is 28.5 Å². The van der Waals surface area contributed by atoms with Crippen LogP contribution in [0.5, 0.6) is 17.2 Å². The third-order valence-corrected chi connectivity index (χ3v) is 8.03. The van der Waals surface area contributed by atoms with Gasteiger partial charge in [-0.15, -0.1) is 0 Å². The highest BCUT2D eigenvalue weighted by molar-refractivity contribution is 7.92. The Bertz CT molecular complexity index is 1250. The quantitative estimate of drug-likeness (QED) is 0.399. The van der Waals surface area contributed by atoms with Crippen molar-refractivity contribution in [3.8, 4) is 17.2 Å². The summed E-state index contributed by atoms with van der Waals surface area (Å²) in [6.07, 6.45) is 5.30. The molecule has 10 nitrogen and oxygen atoms in total. The van der Waals surface area contributed by atoms with Crippen LogP contribution in [0.3, 0.4) is 0 Å². The predicted octanol–water partition coefficient (Wildman–Crippen LogP) is 3.34. The molecule has 2 aromatic carbocycles. The Morgan fingerprint density at radius 3 is 2.26 bits per heavy atom. The van der Waals surface area contributed by atoms with Crippen molar-refractivity contribution >= 4 is 27.5 Å². The minimum Gasteiger partial charge on any atom is -0.497 e. The number of nitrogens with one attached hydrogen (secondary N) is 1. The topological polar surface area (TPSA) is 114 Å². The summed E-state index contributed by atoms with van der Waals surface area (Å²) in [6, 6.07) is 11.2. The minimum absolute atomic E-state index is 0.0777. The standard InChI is InChI=1S/C28H39N3O7S/c1-6-24(28(33)29-21-11-7-8-12-21)30(18-20-10-9-13-22(16-20)36-2)27(32)19-31(39(5,34)35)25-17-23(37-3)14-15-26(25)38-4/h9-10,13-17,21,24H,6-8,11-12,18-19H2,1-5H3,(H,29,33). The number of benzene rings is 2. The van der Waals surface area contributed by atoms with Crippen LogP contribution in [-0.4, -0.2) is 71.3 Å². The lowest BCUT2D eigenvalue weighted by Crippen LogP contribution is -2.53. The average molecular weight is 562 g/mol. The Morgan fingerprint density at radius 1 is 1.00 bits per heavy atom. The van der Waals surface area contributed by atoms with Crippen LogP contribution in [0.25, 0.3) is 0 Å². The van der Waals surface area contributed by atoms with E-state index in [-0.39, 0.29) is 29.9 Å². The molecule has 0 aromatic heterocycles. The van der Waals surface area contributed by atoms with Crippen molar-refractivity contribution in [3.05, 3.63) is 48.0 Å². The van der Waals surface area contributed by atoms with E-state index in [0.29, 0.717) is 17.9 Å². The van der Waals surface area contributed by atoms with Crippen LogP contribution < -0.4 is 23.8 Å². The van der Waals surface area contributed by atoms with E-state index in [9.17, 15) is 18.0 Å². The summed E-state index contributed by atoms with van der Waals surface area (Å²) in [6.45, 7) is 1.41. The SMILES string of the molecule is CCC(C(=O)NC1CCCC1)N(Cc1cccc(OC)c1)C(=O)CN(c1cc(OC)ccc1OC)S(C)(=O)=O. The molecule has 0 radical (unpaired) electrons. The lowest BCUT2D eigenvalue weighted by molar-refractivity contribution is -0.140. The number of methoxy groups -OCH3 is 3. The van der Waals surface area contributed by atoms with Gasteiger partial charge in [-0.2, -0.15) is 0 Å². The summed E-state index contributed by atoms with van der Waals surface area (Å²) >= 11 is 0. The molecule has 1 N–H and O–H groups in total. The highest BCUT2D eigenvalue weighted by Crippen LogP contribution is 2.34. The number of rotatable bonds is 13. The Balaban J connectivity index is 1.99. The first-order chi connectivity index (χ1) is 18.6. The molecule has 1 unspecified atom stereocenters. The smallest absolute Gasteiger partial charge is 0.244 e. The Kier molecular flexibility index (Phi) is 10.4. The molecule has 0 heterocycles. The number of amides is 2. The van der Waals surface area contributed by atoms with Gasteiger partial charge in [-0.1, -0.05) is 31.9 Å². The number of carbonyl (C=O) groups excluding carboxylic acids is 2. The number of nitrogens with zero attached hydrogens (tertiary/aromatic N) is 2. The Morgan fingerprint density at radius 2 is 1.67 bits per heavy atom. The van der Waals surface area contributed by atoms with E-state index in [4.69, 9.17) is 14.2 Å². The predicted molar refractivity (Wildman–Crippen MR) is 150 cm³/mol. The zero-order valence-electron chi connectivity index (χ0n) is 23.3. The second-order valence-electron chi connectivity index (χ2n) is 9.59. The van der Waals surface area contributed by atoms with Crippen LogP contribution in [0.2, 0.25) is 0 Å². The first kappa shape index (κ1) is 30.1. The van der Waals surface area contributed by atoms with Gasteiger partial charge in [-0.25, -0.2) is 8.42 Å². The largest absolute Gasteiger partial charge is 0.497 e. The van der Waals surface area contributed by atoms with Gasteiger partial charge in [-0.05, 0) is 49.1 Å². The van der Waals surface area contributed by atoms with Crippen molar-refractivity contribution in [2.24, 2.45) is 0 Å². The molecular formula is C28H39N3O7S. The maximum atomic E-state index is 14.0. The van der Waals surface area contributed by atoms with Gasteiger partial charge >= 0.3 is 0 Å². The normalized spacial score (nSPS) is 14.4. The lowest BCUT2D eigenvalue weighted by Gasteiger charge is -2.33. The number of anilines is 1. The van der Waals surface area contributed by atoms with Crippen molar-refractivity contribution < 1.29 is 32.2 Å². The summed E-state index contributed by atoms with van der Waals surface area (Å²) in [7, 11) is 0.508. The van der Waals surface area contributed by atoms with Gasteiger partial charge in [-0.3, -0.25) is 13.9 Å². The van der Waals surface area contributed by atoms with Gasteiger partial charge in [0.25, 0.3) is 0 Å². The fourth-order valence-corrected chi connectivity index (χ4v) is 5.69. The maximum absolute atomic E-state index is 14.0. The monoisotopic (exact) mass is 561 g/mol. The lowest BCUT2D eigenvalue weighted by atomic mass is 10.1. The Labute approximate surface area is 231 Å². The van der Waals surface area contributed by atoms with E-state index in [1.165, 1.54) is 25.2 Å². The van der Waals surface area contributed by atoms with Gasteiger partial charge in [0, 0.05) is 18.7 Å². The zero-order valence-corrected chi connectivity index (χ0v) is 24.1. The number of sulfonamides is 1. The van der Waals surface area contributed by atoms with Gasteiger partial charge < -0.3 is 24.4 Å².